The fourth-order valence-electron chi connectivity index (χ4n) is 3.67. The molecule has 0 aliphatic carbocycles. The van der Waals surface area contributed by atoms with Gasteiger partial charge in [0.2, 0.25) is 0 Å². The number of aliphatic hydroxyl groups is 1. The van der Waals surface area contributed by atoms with E-state index in [4.69, 9.17) is 16.3 Å². The highest BCUT2D eigenvalue weighted by atomic mass is 35.5. The van der Waals surface area contributed by atoms with Crippen molar-refractivity contribution in [3.05, 3.63) is 64.2 Å². The molecule has 2 aromatic rings. The van der Waals surface area contributed by atoms with Crippen molar-refractivity contribution >= 4 is 29.1 Å². The summed E-state index contributed by atoms with van der Waals surface area (Å²) in [6, 6.07) is 10.3. The van der Waals surface area contributed by atoms with Gasteiger partial charge in [-0.05, 0) is 63.0 Å². The Bertz CT molecular complexity index is 1030. The van der Waals surface area contributed by atoms with Crippen molar-refractivity contribution in [3.8, 4) is 11.5 Å². The Hall–Kier alpha value is -3.03. The third kappa shape index (κ3) is 4.68. The summed E-state index contributed by atoms with van der Waals surface area (Å²) in [6.45, 7) is 1.05. The van der Waals surface area contributed by atoms with Crippen molar-refractivity contribution < 1.29 is 24.5 Å². The molecule has 1 aliphatic rings. The summed E-state index contributed by atoms with van der Waals surface area (Å²) in [5.74, 6) is -1.67. The maximum Gasteiger partial charge on any atom is 0.295 e. The Morgan fingerprint density at radius 3 is 2.61 bits per heavy atom. The lowest BCUT2D eigenvalue weighted by atomic mass is 9.95. The molecule has 1 aliphatic heterocycles. The summed E-state index contributed by atoms with van der Waals surface area (Å²) >= 11 is 6.02. The predicted molar refractivity (Wildman–Crippen MR) is 118 cm³/mol. The van der Waals surface area contributed by atoms with Crippen molar-refractivity contribution in [1.29, 1.82) is 0 Å². The molecule has 7 nitrogen and oxygen atoms in total. The van der Waals surface area contributed by atoms with E-state index in [0.29, 0.717) is 24.3 Å². The number of rotatable bonds is 7. The van der Waals surface area contributed by atoms with Crippen LogP contribution in [0.1, 0.15) is 23.6 Å². The van der Waals surface area contributed by atoms with Crippen LogP contribution >= 0.6 is 11.6 Å². The third-order valence-corrected chi connectivity index (χ3v) is 5.40. The van der Waals surface area contributed by atoms with E-state index in [1.165, 1.54) is 30.2 Å². The number of phenolic OH excluding ortho intramolecular Hbond substituents is 1. The van der Waals surface area contributed by atoms with Gasteiger partial charge in [0, 0.05) is 11.6 Å². The van der Waals surface area contributed by atoms with Crippen LogP contribution in [0.15, 0.2) is 48.0 Å². The molecular weight excluding hydrogens is 420 g/mol. The van der Waals surface area contributed by atoms with Gasteiger partial charge in [-0.2, -0.15) is 0 Å². The number of aliphatic hydroxyl groups excluding tert-OH is 1. The Balaban J connectivity index is 2.15. The number of benzene rings is 2. The molecule has 0 radical (unpaired) electrons. The number of nitrogens with zero attached hydrogens (tertiary/aromatic N) is 2. The minimum absolute atomic E-state index is 0.00770. The van der Waals surface area contributed by atoms with Crippen LogP contribution in [0.2, 0.25) is 5.02 Å². The zero-order valence-corrected chi connectivity index (χ0v) is 18.4. The van der Waals surface area contributed by atoms with E-state index in [1.54, 1.807) is 24.3 Å². The minimum Gasteiger partial charge on any atom is -0.507 e. The van der Waals surface area contributed by atoms with Gasteiger partial charge >= 0.3 is 0 Å². The van der Waals surface area contributed by atoms with E-state index in [2.05, 4.69) is 0 Å². The fourth-order valence-corrected chi connectivity index (χ4v) is 3.84. The van der Waals surface area contributed by atoms with Crippen LogP contribution in [0, 0.1) is 0 Å². The molecule has 1 fully saturated rings. The van der Waals surface area contributed by atoms with Gasteiger partial charge in [0.15, 0.2) is 0 Å². The van der Waals surface area contributed by atoms with Crippen molar-refractivity contribution in [2.45, 2.75) is 12.5 Å². The Kier molecular flexibility index (Phi) is 6.87. The van der Waals surface area contributed by atoms with Gasteiger partial charge in [0.1, 0.15) is 17.3 Å². The van der Waals surface area contributed by atoms with Crippen LogP contribution in [-0.4, -0.2) is 66.0 Å². The zero-order chi connectivity index (χ0) is 22.7. The second-order valence-corrected chi connectivity index (χ2v) is 8.02. The topological polar surface area (TPSA) is 90.3 Å². The molecule has 3 rings (SSSR count). The molecule has 0 spiro atoms. The van der Waals surface area contributed by atoms with Crippen LogP contribution in [-0.2, 0) is 9.59 Å². The second kappa shape index (κ2) is 9.41. The van der Waals surface area contributed by atoms with E-state index in [0.717, 1.165) is 6.54 Å². The minimum atomic E-state index is -0.823. The number of ether oxygens (including phenoxy) is 1. The Morgan fingerprint density at radius 1 is 1.19 bits per heavy atom. The molecule has 0 saturated carbocycles. The zero-order valence-electron chi connectivity index (χ0n) is 17.6. The van der Waals surface area contributed by atoms with Crippen molar-refractivity contribution in [3.63, 3.8) is 0 Å². The highest BCUT2D eigenvalue weighted by molar-refractivity contribution is 6.46. The van der Waals surface area contributed by atoms with Gasteiger partial charge in [-0.15, -0.1) is 0 Å². The number of amides is 1. The average Bonchev–Trinajstić information content (AvgIpc) is 2.99. The molecule has 1 unspecified atom stereocenters. The number of aromatic hydroxyl groups is 1. The number of carbonyl (C=O) groups excluding carboxylic acids is 2. The number of likely N-dealkylation sites (tertiary alicyclic amines) is 1. The number of Topliss-reactive ketones (excluding diaryl/α,β-unsaturated/α-hetero) is 1. The fraction of sp³-hybridized carbons (Fsp3) is 0.304. The van der Waals surface area contributed by atoms with E-state index in [1.807, 2.05) is 19.0 Å². The van der Waals surface area contributed by atoms with Crippen molar-refractivity contribution in [2.75, 3.05) is 34.3 Å². The first-order valence-corrected chi connectivity index (χ1v) is 10.2. The molecule has 2 aromatic carbocycles. The SMILES string of the molecule is COc1cccc(C2/C(=C(\O)c3cc(Cl)ccc3O)C(=O)C(=O)N2CCCN(C)C)c1. The van der Waals surface area contributed by atoms with Crippen LogP contribution in [0.3, 0.4) is 0 Å². The first-order chi connectivity index (χ1) is 14.7. The number of hydrogen-bond acceptors (Lipinski definition) is 6. The number of halogens is 1. The molecule has 1 atom stereocenters. The average molecular weight is 445 g/mol. The first-order valence-electron chi connectivity index (χ1n) is 9.80. The number of hydrogen-bond donors (Lipinski definition) is 2. The normalized spacial score (nSPS) is 18.1. The van der Waals surface area contributed by atoms with E-state index < -0.39 is 23.5 Å². The van der Waals surface area contributed by atoms with E-state index in [9.17, 15) is 19.8 Å². The molecule has 1 amide bonds. The lowest BCUT2D eigenvalue weighted by Crippen LogP contribution is -2.32. The smallest absolute Gasteiger partial charge is 0.295 e. The highest BCUT2D eigenvalue weighted by Crippen LogP contribution is 2.41. The molecule has 1 saturated heterocycles. The van der Waals surface area contributed by atoms with Crippen LogP contribution in [0.5, 0.6) is 11.5 Å². The molecule has 164 valence electrons. The summed E-state index contributed by atoms with van der Waals surface area (Å²) in [5.41, 5.74) is 0.513. The molecule has 8 heteroatoms. The predicted octanol–water partition coefficient (Wildman–Crippen LogP) is 3.43. The standard InChI is InChI=1S/C23H25ClN2O5/c1-25(2)10-5-11-26-20(14-6-4-7-16(12-14)31-3)19(22(29)23(26)30)21(28)17-13-15(24)8-9-18(17)27/h4,6-9,12-13,20,27-28H,5,10-11H2,1-3H3/b21-19+. The van der Waals surface area contributed by atoms with E-state index in [-0.39, 0.29) is 21.9 Å². The third-order valence-electron chi connectivity index (χ3n) is 5.17. The molecule has 1 heterocycles. The molecular formula is C23H25ClN2O5. The van der Waals surface area contributed by atoms with Crippen LogP contribution in [0.25, 0.3) is 5.76 Å². The number of methoxy groups -OCH3 is 1. The van der Waals surface area contributed by atoms with E-state index >= 15 is 0 Å². The first kappa shape index (κ1) is 22.7. The van der Waals surface area contributed by atoms with Gasteiger partial charge in [0.25, 0.3) is 11.7 Å². The quantitative estimate of drug-likeness (QED) is 0.386. The van der Waals surface area contributed by atoms with Gasteiger partial charge in [0.05, 0.1) is 24.3 Å². The molecule has 0 aromatic heterocycles. The van der Waals surface area contributed by atoms with Crippen LogP contribution < -0.4 is 4.74 Å². The second-order valence-electron chi connectivity index (χ2n) is 7.59. The summed E-state index contributed by atoms with van der Waals surface area (Å²) in [6.07, 6.45) is 0.642. The Morgan fingerprint density at radius 2 is 1.94 bits per heavy atom. The maximum atomic E-state index is 13.0. The highest BCUT2D eigenvalue weighted by Gasteiger charge is 2.46. The maximum absolute atomic E-state index is 13.0. The largest absolute Gasteiger partial charge is 0.507 e. The van der Waals surface area contributed by atoms with Gasteiger partial charge in [-0.25, -0.2) is 0 Å². The molecule has 0 bridgehead atoms. The molecule has 2 N–H and O–H groups in total. The lowest BCUT2D eigenvalue weighted by Gasteiger charge is -2.26. The van der Waals surface area contributed by atoms with Gasteiger partial charge < -0.3 is 24.7 Å². The summed E-state index contributed by atoms with van der Waals surface area (Å²) in [5, 5.41) is 21.5. The molecule has 31 heavy (non-hydrogen) atoms. The van der Waals surface area contributed by atoms with Gasteiger partial charge in [-0.1, -0.05) is 23.7 Å². The summed E-state index contributed by atoms with van der Waals surface area (Å²) < 4.78 is 5.30. The summed E-state index contributed by atoms with van der Waals surface area (Å²) in [7, 11) is 5.38. The van der Waals surface area contributed by atoms with Crippen LogP contribution in [0.4, 0.5) is 0 Å². The Labute approximate surface area is 186 Å². The summed E-state index contributed by atoms with van der Waals surface area (Å²) in [4.78, 5) is 29.4. The van der Waals surface area contributed by atoms with Crippen molar-refractivity contribution in [1.82, 2.24) is 9.80 Å². The number of ketones is 1. The lowest BCUT2D eigenvalue weighted by molar-refractivity contribution is -0.139. The number of phenols is 1. The monoisotopic (exact) mass is 444 g/mol. The van der Waals surface area contributed by atoms with Crippen molar-refractivity contribution in [2.24, 2.45) is 0 Å². The van der Waals surface area contributed by atoms with Gasteiger partial charge in [-0.3, -0.25) is 9.59 Å². The number of carbonyl (C=O) groups is 2.